The number of piperidine rings is 2. The van der Waals surface area contributed by atoms with Gasteiger partial charge in [0, 0.05) is 17.6 Å². The van der Waals surface area contributed by atoms with Crippen LogP contribution in [-0.4, -0.2) is 51.0 Å². The Kier molecular flexibility index (Phi) is 4.81. The number of amides is 2. The molecule has 0 atom stereocenters. The van der Waals surface area contributed by atoms with Gasteiger partial charge in [-0.2, -0.15) is 0 Å². The van der Waals surface area contributed by atoms with E-state index in [2.05, 4.69) is 51.3 Å². The van der Waals surface area contributed by atoms with E-state index in [4.69, 9.17) is 4.74 Å². The number of H-pyrrole nitrogens is 1. The van der Waals surface area contributed by atoms with Crippen LogP contribution < -0.4 is 4.74 Å². The zero-order chi connectivity index (χ0) is 21.7. The second kappa shape index (κ2) is 7.84. The smallest absolute Gasteiger partial charge is 0.320 e. The van der Waals surface area contributed by atoms with E-state index in [0.717, 1.165) is 65.0 Å². The molecule has 6 rings (SSSR count). The molecule has 166 valence electrons. The van der Waals surface area contributed by atoms with Gasteiger partial charge >= 0.3 is 6.03 Å². The van der Waals surface area contributed by atoms with Gasteiger partial charge in [0.2, 0.25) is 0 Å². The molecule has 6 heteroatoms. The zero-order valence-electron chi connectivity index (χ0n) is 18.6. The Balaban J connectivity index is 1.29. The number of aromatic amines is 1. The van der Waals surface area contributed by atoms with E-state index >= 15 is 0 Å². The number of carbonyl (C=O) groups is 1. The van der Waals surface area contributed by atoms with Crippen LogP contribution in [-0.2, 0) is 6.54 Å². The highest BCUT2D eigenvalue weighted by Gasteiger charge is 2.39. The molecule has 3 aliphatic heterocycles. The molecule has 2 fully saturated rings. The number of urea groups is 1. The van der Waals surface area contributed by atoms with Crippen molar-refractivity contribution in [2.24, 2.45) is 0 Å². The monoisotopic (exact) mass is 430 g/mol. The highest BCUT2D eigenvalue weighted by atomic mass is 16.5. The number of ether oxygens (including phenoxy) is 1. The van der Waals surface area contributed by atoms with Gasteiger partial charge in [-0.1, -0.05) is 12.1 Å². The first kappa shape index (κ1) is 19.6. The van der Waals surface area contributed by atoms with E-state index in [0.29, 0.717) is 31.8 Å². The van der Waals surface area contributed by atoms with Crippen molar-refractivity contribution in [1.82, 2.24) is 19.8 Å². The molecular formula is C26H30N4O2. The summed E-state index contributed by atoms with van der Waals surface area (Å²) in [5, 5.41) is 0. The van der Waals surface area contributed by atoms with Gasteiger partial charge < -0.3 is 19.5 Å². The van der Waals surface area contributed by atoms with Crippen molar-refractivity contribution in [3.63, 3.8) is 0 Å². The van der Waals surface area contributed by atoms with Gasteiger partial charge in [0.05, 0.1) is 24.1 Å². The largest absolute Gasteiger partial charge is 0.491 e. The van der Waals surface area contributed by atoms with E-state index in [9.17, 15) is 4.79 Å². The molecule has 0 unspecified atom stereocenters. The van der Waals surface area contributed by atoms with Crippen molar-refractivity contribution in [2.45, 2.75) is 64.1 Å². The van der Waals surface area contributed by atoms with Gasteiger partial charge in [0.1, 0.15) is 18.2 Å². The maximum absolute atomic E-state index is 13.6. The lowest BCUT2D eigenvalue weighted by molar-refractivity contribution is 0.0479. The summed E-state index contributed by atoms with van der Waals surface area (Å²) in [6.07, 6.45) is 7.14. The van der Waals surface area contributed by atoms with Gasteiger partial charge in [-0.15, -0.1) is 0 Å². The molecule has 2 bridgehead atoms. The zero-order valence-corrected chi connectivity index (χ0v) is 18.6. The van der Waals surface area contributed by atoms with E-state index in [1.54, 1.807) is 0 Å². The normalized spacial score (nSPS) is 22.9. The molecule has 0 radical (unpaired) electrons. The number of imidazole rings is 1. The number of hydrogen-bond acceptors (Lipinski definition) is 3. The summed E-state index contributed by atoms with van der Waals surface area (Å²) >= 11 is 0. The molecule has 2 amide bonds. The quantitative estimate of drug-likeness (QED) is 0.573. The van der Waals surface area contributed by atoms with Crippen molar-refractivity contribution in [1.29, 1.82) is 0 Å². The molecule has 3 aromatic rings. The maximum atomic E-state index is 13.6. The Morgan fingerprint density at radius 3 is 2.53 bits per heavy atom. The minimum atomic E-state index is 0.204. The van der Waals surface area contributed by atoms with Crippen LogP contribution >= 0.6 is 0 Å². The van der Waals surface area contributed by atoms with Crippen molar-refractivity contribution in [2.75, 3.05) is 13.2 Å². The highest BCUT2D eigenvalue weighted by molar-refractivity contribution is 5.82. The minimum absolute atomic E-state index is 0.204. The van der Waals surface area contributed by atoms with Crippen LogP contribution in [0.1, 0.15) is 49.9 Å². The Hall–Kier alpha value is -3.02. The van der Waals surface area contributed by atoms with Crippen LogP contribution in [0.3, 0.4) is 0 Å². The van der Waals surface area contributed by atoms with Crippen LogP contribution in [0.2, 0.25) is 0 Å². The van der Waals surface area contributed by atoms with E-state index in [1.807, 2.05) is 11.8 Å². The Morgan fingerprint density at radius 2 is 1.75 bits per heavy atom. The third-order valence-corrected chi connectivity index (χ3v) is 7.40. The molecule has 32 heavy (non-hydrogen) atoms. The fraction of sp³-hybridized carbons (Fsp3) is 0.462. The van der Waals surface area contributed by atoms with Crippen LogP contribution in [0.5, 0.6) is 5.75 Å². The number of hydrogen-bond donors (Lipinski definition) is 1. The Bertz CT molecular complexity index is 1150. The molecule has 6 nitrogen and oxygen atoms in total. The number of carbonyl (C=O) groups excluding carboxylic acids is 1. The number of benzene rings is 2. The summed E-state index contributed by atoms with van der Waals surface area (Å²) in [6.45, 7) is 3.75. The lowest BCUT2D eigenvalue weighted by Crippen LogP contribution is -2.57. The molecule has 0 saturated carbocycles. The number of aromatic nitrogens is 2. The number of rotatable bonds is 1. The molecule has 3 aliphatic rings. The molecule has 1 N–H and O–H groups in total. The fourth-order valence-corrected chi connectivity index (χ4v) is 5.85. The number of aryl methyl sites for hydroxylation is 1. The van der Waals surface area contributed by atoms with Crippen molar-refractivity contribution < 1.29 is 9.53 Å². The highest BCUT2D eigenvalue weighted by Crippen LogP contribution is 2.36. The first-order valence-electron chi connectivity index (χ1n) is 12.0. The van der Waals surface area contributed by atoms with Crippen LogP contribution in [0, 0.1) is 6.92 Å². The molecule has 1 aromatic heterocycles. The second-order valence-corrected chi connectivity index (χ2v) is 9.51. The van der Waals surface area contributed by atoms with E-state index < -0.39 is 0 Å². The van der Waals surface area contributed by atoms with Crippen molar-refractivity contribution >= 4 is 17.1 Å². The predicted octanol–water partition coefficient (Wildman–Crippen LogP) is 5.26. The first-order valence-corrected chi connectivity index (χ1v) is 12.0. The van der Waals surface area contributed by atoms with Crippen LogP contribution in [0.4, 0.5) is 4.79 Å². The molecule has 0 aliphatic carbocycles. The summed E-state index contributed by atoms with van der Waals surface area (Å²) in [7, 11) is 0. The summed E-state index contributed by atoms with van der Waals surface area (Å²) in [5.74, 6) is 1.81. The van der Waals surface area contributed by atoms with Crippen molar-refractivity contribution in [3.05, 3.63) is 47.8 Å². The molecular weight excluding hydrogens is 400 g/mol. The average Bonchev–Trinajstić information content (AvgIpc) is 3.03. The number of fused-ring (bicyclic) bond motifs is 4. The Labute approximate surface area is 188 Å². The maximum Gasteiger partial charge on any atom is 0.320 e. The van der Waals surface area contributed by atoms with Gasteiger partial charge in [0.25, 0.3) is 0 Å². The molecule has 2 saturated heterocycles. The molecule has 0 spiro atoms. The average molecular weight is 431 g/mol. The van der Waals surface area contributed by atoms with Gasteiger partial charge in [-0.05, 0) is 80.8 Å². The van der Waals surface area contributed by atoms with Crippen LogP contribution in [0.25, 0.3) is 22.2 Å². The second-order valence-electron chi connectivity index (χ2n) is 9.51. The lowest BCUT2D eigenvalue weighted by Gasteiger charge is -2.47. The summed E-state index contributed by atoms with van der Waals surface area (Å²) in [5.41, 5.74) is 5.37. The van der Waals surface area contributed by atoms with E-state index in [1.165, 1.54) is 12.8 Å². The number of nitrogens with zero attached hydrogens (tertiary/aromatic N) is 3. The standard InChI is InChI=1S/C26H30N4O2/c1-17-27-23-10-8-19(15-24(23)28-17)18-9-11-25-20(14-18)16-29(12-13-32-25)26(31)30-21-4-2-5-22(30)7-3-6-21/h8-11,14-15,21-22H,2-7,12-13,16H2,1H3,(H,27,28). The lowest BCUT2D eigenvalue weighted by atomic mass is 9.85. The fourth-order valence-electron chi connectivity index (χ4n) is 5.85. The number of nitrogens with one attached hydrogen (secondary N) is 1. The third-order valence-electron chi connectivity index (χ3n) is 7.40. The summed E-state index contributed by atoms with van der Waals surface area (Å²) < 4.78 is 6.05. The van der Waals surface area contributed by atoms with Crippen LogP contribution in [0.15, 0.2) is 36.4 Å². The Morgan fingerprint density at radius 1 is 1.03 bits per heavy atom. The SMILES string of the molecule is Cc1nc2ccc(-c3ccc4c(c3)CN(C(=O)N3C5CCCC3CCC5)CCO4)cc2[nH]1. The molecule has 4 heterocycles. The van der Waals surface area contributed by atoms with Gasteiger partial charge in [-0.25, -0.2) is 9.78 Å². The van der Waals surface area contributed by atoms with E-state index in [-0.39, 0.29) is 6.03 Å². The predicted molar refractivity (Wildman–Crippen MR) is 125 cm³/mol. The van der Waals surface area contributed by atoms with Crippen molar-refractivity contribution in [3.8, 4) is 16.9 Å². The topological polar surface area (TPSA) is 61.5 Å². The first-order chi connectivity index (χ1) is 15.7. The third kappa shape index (κ3) is 3.42. The minimum Gasteiger partial charge on any atom is -0.491 e. The molecule has 2 aromatic carbocycles. The summed E-state index contributed by atoms with van der Waals surface area (Å²) in [4.78, 5) is 25.7. The van der Waals surface area contributed by atoms with Gasteiger partial charge in [-0.3, -0.25) is 0 Å². The van der Waals surface area contributed by atoms with Gasteiger partial charge in [0.15, 0.2) is 0 Å². The summed E-state index contributed by atoms with van der Waals surface area (Å²) in [6, 6.07) is 13.7.